The summed E-state index contributed by atoms with van der Waals surface area (Å²) in [6.07, 6.45) is 1.15. The van der Waals surface area contributed by atoms with Gasteiger partial charge < -0.3 is 0 Å². The minimum atomic E-state index is -2.53. The van der Waals surface area contributed by atoms with Gasteiger partial charge in [-0.15, -0.1) is 0 Å². The van der Waals surface area contributed by atoms with E-state index in [4.69, 9.17) is 0 Å². The molecule has 1 nitrogen and oxygen atoms in total. The smallest absolute Gasteiger partial charge is 0.251 e. The largest absolute Gasteiger partial charge is 0.288 e. The Hall–Kier alpha value is -0.120. The van der Waals surface area contributed by atoms with Crippen LogP contribution in [0.4, 0.5) is 8.78 Å². The van der Waals surface area contributed by atoms with E-state index < -0.39 is 11.8 Å². The Labute approximate surface area is 74.9 Å². The van der Waals surface area contributed by atoms with E-state index in [1.54, 1.807) is 0 Å². The van der Waals surface area contributed by atoms with Gasteiger partial charge in [-0.25, -0.2) is 8.78 Å². The molecular formula is C8H12F2OS. The standard InChI is InChI=1S/C8H12F2OS/c1-6(11)12-5-7-3-2-4-8(7,9)10/h7H,2-5H2,1H3/t7-/m1/s1. The monoisotopic (exact) mass is 194 g/mol. The van der Waals surface area contributed by atoms with E-state index in [-0.39, 0.29) is 17.3 Å². The van der Waals surface area contributed by atoms with Crippen molar-refractivity contribution in [2.45, 2.75) is 32.1 Å². The van der Waals surface area contributed by atoms with Crippen LogP contribution in [0.2, 0.25) is 0 Å². The molecule has 0 radical (unpaired) electrons. The number of carbonyl (C=O) groups is 1. The van der Waals surface area contributed by atoms with Gasteiger partial charge in [-0.05, 0) is 12.8 Å². The van der Waals surface area contributed by atoms with E-state index in [1.165, 1.54) is 6.92 Å². The third-order valence-electron chi connectivity index (χ3n) is 2.15. The zero-order chi connectivity index (χ0) is 9.19. The second-order valence-electron chi connectivity index (χ2n) is 3.15. The number of carbonyl (C=O) groups excluding carboxylic acids is 1. The van der Waals surface area contributed by atoms with E-state index in [0.29, 0.717) is 12.8 Å². The van der Waals surface area contributed by atoms with Gasteiger partial charge in [0.15, 0.2) is 5.12 Å². The van der Waals surface area contributed by atoms with E-state index in [9.17, 15) is 13.6 Å². The van der Waals surface area contributed by atoms with Crippen molar-refractivity contribution < 1.29 is 13.6 Å². The Bertz CT molecular complexity index is 182. The van der Waals surface area contributed by atoms with Crippen LogP contribution in [0.1, 0.15) is 26.2 Å². The van der Waals surface area contributed by atoms with Crippen molar-refractivity contribution >= 4 is 16.9 Å². The van der Waals surface area contributed by atoms with Gasteiger partial charge >= 0.3 is 0 Å². The Balaban J connectivity index is 2.36. The molecule has 0 aliphatic heterocycles. The van der Waals surface area contributed by atoms with E-state index in [2.05, 4.69) is 0 Å². The molecular weight excluding hydrogens is 182 g/mol. The average Bonchev–Trinajstić information content (AvgIpc) is 2.25. The Morgan fingerprint density at radius 1 is 1.67 bits per heavy atom. The Morgan fingerprint density at radius 3 is 2.75 bits per heavy atom. The SMILES string of the molecule is CC(=O)SC[C@H]1CCCC1(F)F. The summed E-state index contributed by atoms with van der Waals surface area (Å²) in [7, 11) is 0. The molecule has 0 spiro atoms. The first-order valence-electron chi connectivity index (χ1n) is 4.03. The minimum Gasteiger partial charge on any atom is -0.288 e. The van der Waals surface area contributed by atoms with Gasteiger partial charge in [0.1, 0.15) is 0 Å². The molecule has 1 aliphatic carbocycles. The molecule has 0 aromatic rings. The molecule has 0 heterocycles. The fourth-order valence-electron chi connectivity index (χ4n) is 1.42. The van der Waals surface area contributed by atoms with E-state index in [1.807, 2.05) is 0 Å². The average molecular weight is 194 g/mol. The number of rotatable bonds is 2. The zero-order valence-electron chi connectivity index (χ0n) is 6.98. The molecule has 0 N–H and O–H groups in total. The fourth-order valence-corrected chi connectivity index (χ4v) is 2.27. The Morgan fingerprint density at radius 2 is 2.33 bits per heavy atom. The second-order valence-corrected chi connectivity index (χ2v) is 4.35. The number of hydrogen-bond donors (Lipinski definition) is 0. The van der Waals surface area contributed by atoms with E-state index >= 15 is 0 Å². The van der Waals surface area contributed by atoms with Gasteiger partial charge in [-0.2, -0.15) is 0 Å². The summed E-state index contributed by atoms with van der Waals surface area (Å²) in [5, 5.41) is -0.0716. The molecule has 0 aromatic carbocycles. The van der Waals surface area contributed by atoms with Gasteiger partial charge in [0.2, 0.25) is 0 Å². The maximum absolute atomic E-state index is 12.9. The highest BCUT2D eigenvalue weighted by Gasteiger charge is 2.43. The minimum absolute atomic E-state index is 0.00384. The van der Waals surface area contributed by atoms with Crippen molar-refractivity contribution in [3.05, 3.63) is 0 Å². The van der Waals surface area contributed by atoms with Gasteiger partial charge in [0.25, 0.3) is 5.92 Å². The lowest BCUT2D eigenvalue weighted by Crippen LogP contribution is -2.23. The molecule has 1 atom stereocenters. The van der Waals surface area contributed by atoms with Crippen LogP contribution in [0.3, 0.4) is 0 Å². The highest BCUT2D eigenvalue weighted by atomic mass is 32.2. The first kappa shape index (κ1) is 9.96. The highest BCUT2D eigenvalue weighted by molar-refractivity contribution is 8.13. The summed E-state index contributed by atoms with van der Waals surface area (Å²) < 4.78 is 25.9. The maximum atomic E-state index is 12.9. The molecule has 4 heteroatoms. The highest BCUT2D eigenvalue weighted by Crippen LogP contribution is 2.41. The number of alkyl halides is 2. The third kappa shape index (κ3) is 2.44. The van der Waals surface area contributed by atoms with Crippen LogP contribution < -0.4 is 0 Å². The molecule has 0 aromatic heterocycles. The lowest BCUT2D eigenvalue weighted by atomic mass is 10.1. The summed E-state index contributed by atoms with van der Waals surface area (Å²) in [4.78, 5) is 10.5. The summed E-state index contributed by atoms with van der Waals surface area (Å²) in [6.45, 7) is 1.41. The summed E-state index contributed by atoms with van der Waals surface area (Å²) in [5.41, 5.74) is 0. The molecule has 1 fully saturated rings. The fraction of sp³-hybridized carbons (Fsp3) is 0.875. The third-order valence-corrected chi connectivity index (χ3v) is 3.12. The number of halogens is 2. The van der Waals surface area contributed by atoms with Crippen molar-refractivity contribution in [1.82, 2.24) is 0 Å². The normalized spacial score (nSPS) is 27.4. The zero-order valence-corrected chi connectivity index (χ0v) is 7.79. The van der Waals surface area contributed by atoms with Gasteiger partial charge in [-0.3, -0.25) is 4.79 Å². The van der Waals surface area contributed by atoms with Crippen LogP contribution in [0.5, 0.6) is 0 Å². The van der Waals surface area contributed by atoms with Crippen LogP contribution in [0.15, 0.2) is 0 Å². The molecule has 1 aliphatic rings. The van der Waals surface area contributed by atoms with Crippen LogP contribution in [-0.2, 0) is 4.79 Å². The second kappa shape index (κ2) is 3.73. The molecule has 12 heavy (non-hydrogen) atoms. The lowest BCUT2D eigenvalue weighted by molar-refractivity contribution is -0.109. The van der Waals surface area contributed by atoms with Gasteiger partial charge in [0.05, 0.1) is 0 Å². The van der Waals surface area contributed by atoms with Gasteiger partial charge in [-0.1, -0.05) is 11.8 Å². The number of thioether (sulfide) groups is 1. The molecule has 0 saturated heterocycles. The summed E-state index contributed by atoms with van der Waals surface area (Å²) in [6, 6.07) is 0. The Kier molecular flexibility index (Phi) is 3.09. The van der Waals surface area contributed by atoms with Crippen molar-refractivity contribution in [3.8, 4) is 0 Å². The topological polar surface area (TPSA) is 17.1 Å². The van der Waals surface area contributed by atoms with Crippen LogP contribution in [0.25, 0.3) is 0 Å². The van der Waals surface area contributed by atoms with Crippen LogP contribution >= 0.6 is 11.8 Å². The number of hydrogen-bond acceptors (Lipinski definition) is 2. The van der Waals surface area contributed by atoms with E-state index in [0.717, 1.165) is 11.8 Å². The maximum Gasteiger partial charge on any atom is 0.251 e. The predicted molar refractivity (Wildman–Crippen MR) is 45.4 cm³/mol. The summed E-state index contributed by atoms with van der Waals surface area (Å²) in [5.74, 6) is -2.82. The molecule has 0 unspecified atom stereocenters. The predicted octanol–water partition coefficient (Wildman–Crippen LogP) is 2.70. The first-order chi connectivity index (χ1) is 5.52. The van der Waals surface area contributed by atoms with Crippen molar-refractivity contribution in [2.24, 2.45) is 5.92 Å². The lowest BCUT2D eigenvalue weighted by Gasteiger charge is -2.17. The van der Waals surface area contributed by atoms with Crippen molar-refractivity contribution in [3.63, 3.8) is 0 Å². The van der Waals surface area contributed by atoms with Gasteiger partial charge in [0, 0.05) is 25.0 Å². The van der Waals surface area contributed by atoms with Crippen molar-refractivity contribution in [1.29, 1.82) is 0 Å². The molecule has 0 bridgehead atoms. The van der Waals surface area contributed by atoms with Crippen LogP contribution in [-0.4, -0.2) is 16.8 Å². The van der Waals surface area contributed by atoms with Crippen molar-refractivity contribution in [2.75, 3.05) is 5.75 Å². The molecule has 0 amide bonds. The first-order valence-corrected chi connectivity index (χ1v) is 5.02. The summed E-state index contributed by atoms with van der Waals surface area (Å²) >= 11 is 1.01. The molecule has 70 valence electrons. The van der Waals surface area contributed by atoms with Crippen LogP contribution in [0, 0.1) is 5.92 Å². The molecule has 1 saturated carbocycles. The quantitative estimate of drug-likeness (QED) is 0.672. The molecule has 1 rings (SSSR count).